The fourth-order valence-electron chi connectivity index (χ4n) is 1.22. The van der Waals surface area contributed by atoms with E-state index >= 15 is 0 Å². The third-order valence-corrected chi connectivity index (χ3v) is 1.93. The Labute approximate surface area is 84.3 Å². The highest BCUT2D eigenvalue weighted by Gasteiger charge is 2.27. The van der Waals surface area contributed by atoms with Gasteiger partial charge in [-0.1, -0.05) is 18.2 Å². The monoisotopic (exact) mass is 218 g/mol. The maximum Gasteiger partial charge on any atom is 0.389 e. The van der Waals surface area contributed by atoms with Crippen molar-refractivity contribution in [3.05, 3.63) is 35.4 Å². The fraction of sp³-hybridized carbons (Fsp3) is 0.300. The number of aromatic carboxylic acids is 1. The highest BCUT2D eigenvalue weighted by Crippen LogP contribution is 2.23. The molecule has 0 spiro atoms. The second-order valence-corrected chi connectivity index (χ2v) is 3.08. The fourth-order valence-corrected chi connectivity index (χ4v) is 1.22. The summed E-state index contributed by atoms with van der Waals surface area (Å²) in [5.41, 5.74) is 0.143. The average molecular weight is 218 g/mol. The lowest BCUT2D eigenvalue weighted by atomic mass is 10.0. The molecule has 5 heteroatoms. The van der Waals surface area contributed by atoms with Crippen LogP contribution in [0.5, 0.6) is 0 Å². The number of carboxylic acids is 1. The Morgan fingerprint density at radius 3 is 2.40 bits per heavy atom. The Kier molecular flexibility index (Phi) is 3.34. The molecule has 0 aliphatic carbocycles. The quantitative estimate of drug-likeness (QED) is 0.846. The van der Waals surface area contributed by atoms with Crippen LogP contribution in [-0.2, 0) is 6.42 Å². The molecule has 15 heavy (non-hydrogen) atoms. The number of benzene rings is 1. The van der Waals surface area contributed by atoms with E-state index in [0.717, 1.165) is 0 Å². The van der Waals surface area contributed by atoms with Gasteiger partial charge in [0.25, 0.3) is 0 Å². The van der Waals surface area contributed by atoms with Gasteiger partial charge in [0.1, 0.15) is 0 Å². The first kappa shape index (κ1) is 11.6. The van der Waals surface area contributed by atoms with Gasteiger partial charge in [0.15, 0.2) is 0 Å². The minimum absolute atomic E-state index is 0.0678. The van der Waals surface area contributed by atoms with Gasteiger partial charge < -0.3 is 5.11 Å². The summed E-state index contributed by atoms with van der Waals surface area (Å²) in [6.45, 7) is 0. The lowest BCUT2D eigenvalue weighted by Crippen LogP contribution is -2.10. The molecule has 1 aromatic carbocycles. The summed E-state index contributed by atoms with van der Waals surface area (Å²) in [6.07, 6.45) is -5.56. The highest BCUT2D eigenvalue weighted by molar-refractivity contribution is 5.89. The van der Waals surface area contributed by atoms with Crippen molar-refractivity contribution in [2.24, 2.45) is 0 Å². The Balaban J connectivity index is 2.81. The van der Waals surface area contributed by atoms with Crippen molar-refractivity contribution >= 4 is 5.97 Å². The zero-order chi connectivity index (χ0) is 11.5. The standard InChI is InChI=1S/C10H9F3O2/c11-10(12,13)6-5-7-3-1-2-4-8(7)9(14)15/h1-4H,5-6H2,(H,14,15). The number of rotatable bonds is 3. The predicted octanol–water partition coefficient (Wildman–Crippen LogP) is 2.88. The van der Waals surface area contributed by atoms with Gasteiger partial charge in [-0.25, -0.2) is 4.79 Å². The van der Waals surface area contributed by atoms with E-state index in [4.69, 9.17) is 5.11 Å². The molecule has 0 heterocycles. The predicted molar refractivity (Wildman–Crippen MR) is 47.8 cm³/mol. The second kappa shape index (κ2) is 4.33. The average Bonchev–Trinajstić information content (AvgIpc) is 2.14. The lowest BCUT2D eigenvalue weighted by molar-refractivity contribution is -0.134. The Hall–Kier alpha value is -1.52. The van der Waals surface area contributed by atoms with Gasteiger partial charge in [-0.15, -0.1) is 0 Å². The SMILES string of the molecule is O=C(O)c1ccccc1CCC(F)(F)F. The topological polar surface area (TPSA) is 37.3 Å². The normalized spacial score (nSPS) is 11.4. The first-order chi connectivity index (χ1) is 6.90. The third kappa shape index (κ3) is 3.61. The molecule has 0 aliphatic rings. The number of hydrogen-bond acceptors (Lipinski definition) is 1. The number of halogens is 3. The first-order valence-corrected chi connectivity index (χ1v) is 4.28. The van der Waals surface area contributed by atoms with Crippen LogP contribution in [0.25, 0.3) is 0 Å². The summed E-state index contributed by atoms with van der Waals surface area (Å²) in [5.74, 6) is -1.20. The van der Waals surface area contributed by atoms with E-state index in [1.54, 1.807) is 0 Å². The number of aryl methyl sites for hydroxylation is 1. The summed E-state index contributed by atoms with van der Waals surface area (Å²) >= 11 is 0. The molecule has 1 rings (SSSR count). The van der Waals surface area contributed by atoms with Crippen LogP contribution in [0.15, 0.2) is 24.3 Å². The van der Waals surface area contributed by atoms with Gasteiger partial charge in [0.2, 0.25) is 0 Å². The van der Waals surface area contributed by atoms with E-state index in [2.05, 4.69) is 0 Å². The number of carbonyl (C=O) groups is 1. The van der Waals surface area contributed by atoms with E-state index in [0.29, 0.717) is 0 Å². The molecule has 82 valence electrons. The van der Waals surface area contributed by atoms with Crippen LogP contribution >= 0.6 is 0 Å². The largest absolute Gasteiger partial charge is 0.478 e. The maximum absolute atomic E-state index is 11.9. The van der Waals surface area contributed by atoms with Gasteiger partial charge in [0, 0.05) is 6.42 Å². The smallest absolute Gasteiger partial charge is 0.389 e. The van der Waals surface area contributed by atoms with Crippen molar-refractivity contribution in [2.75, 3.05) is 0 Å². The minimum atomic E-state index is -4.26. The molecule has 0 aliphatic heterocycles. The molecule has 0 unspecified atom stereocenters. The van der Waals surface area contributed by atoms with Crippen molar-refractivity contribution in [1.29, 1.82) is 0 Å². The number of carboxylic acid groups (broad SMARTS) is 1. The van der Waals surface area contributed by atoms with Crippen molar-refractivity contribution in [2.45, 2.75) is 19.0 Å². The van der Waals surface area contributed by atoms with E-state index in [-0.39, 0.29) is 17.5 Å². The molecule has 0 saturated heterocycles. The van der Waals surface area contributed by atoms with Crippen LogP contribution in [0.4, 0.5) is 13.2 Å². The summed E-state index contributed by atoms with van der Waals surface area (Å²) in [5, 5.41) is 8.71. The Bertz CT molecular complexity index is 358. The van der Waals surface area contributed by atoms with Gasteiger partial charge >= 0.3 is 12.1 Å². The van der Waals surface area contributed by atoms with Crippen LogP contribution in [-0.4, -0.2) is 17.3 Å². The maximum atomic E-state index is 11.9. The molecular weight excluding hydrogens is 209 g/mol. The third-order valence-electron chi connectivity index (χ3n) is 1.93. The summed E-state index contributed by atoms with van der Waals surface area (Å²) in [6, 6.07) is 5.71. The summed E-state index contributed by atoms with van der Waals surface area (Å²) in [7, 11) is 0. The highest BCUT2D eigenvalue weighted by atomic mass is 19.4. The molecule has 0 radical (unpaired) electrons. The molecule has 0 bridgehead atoms. The molecule has 0 atom stereocenters. The molecule has 0 amide bonds. The van der Waals surface area contributed by atoms with Crippen LogP contribution in [0.2, 0.25) is 0 Å². The Morgan fingerprint density at radius 2 is 1.87 bits per heavy atom. The van der Waals surface area contributed by atoms with Crippen molar-refractivity contribution in [3.8, 4) is 0 Å². The molecule has 0 fully saturated rings. The van der Waals surface area contributed by atoms with Gasteiger partial charge in [-0.3, -0.25) is 0 Å². The van der Waals surface area contributed by atoms with Crippen LogP contribution in [0.3, 0.4) is 0 Å². The van der Waals surface area contributed by atoms with Crippen LogP contribution in [0, 0.1) is 0 Å². The molecule has 0 saturated carbocycles. The second-order valence-electron chi connectivity index (χ2n) is 3.08. The van der Waals surface area contributed by atoms with Gasteiger partial charge in [0.05, 0.1) is 5.56 Å². The molecule has 1 N–H and O–H groups in total. The number of hydrogen-bond donors (Lipinski definition) is 1. The van der Waals surface area contributed by atoms with E-state index in [1.807, 2.05) is 0 Å². The minimum Gasteiger partial charge on any atom is -0.478 e. The van der Waals surface area contributed by atoms with E-state index in [9.17, 15) is 18.0 Å². The van der Waals surface area contributed by atoms with Gasteiger partial charge in [-0.2, -0.15) is 13.2 Å². The van der Waals surface area contributed by atoms with Crippen molar-refractivity contribution in [3.63, 3.8) is 0 Å². The molecule has 0 aromatic heterocycles. The van der Waals surface area contributed by atoms with E-state index < -0.39 is 18.6 Å². The lowest BCUT2D eigenvalue weighted by Gasteiger charge is -2.08. The summed E-state index contributed by atoms with van der Waals surface area (Å²) < 4.78 is 35.8. The Morgan fingerprint density at radius 1 is 1.27 bits per heavy atom. The molecular formula is C10H9F3O2. The molecule has 2 nitrogen and oxygen atoms in total. The van der Waals surface area contributed by atoms with Gasteiger partial charge in [-0.05, 0) is 18.1 Å². The molecule has 1 aromatic rings. The van der Waals surface area contributed by atoms with Crippen LogP contribution < -0.4 is 0 Å². The van der Waals surface area contributed by atoms with Crippen molar-refractivity contribution in [1.82, 2.24) is 0 Å². The number of alkyl halides is 3. The van der Waals surface area contributed by atoms with E-state index in [1.165, 1.54) is 24.3 Å². The zero-order valence-corrected chi connectivity index (χ0v) is 7.71. The zero-order valence-electron chi connectivity index (χ0n) is 7.71. The first-order valence-electron chi connectivity index (χ1n) is 4.28. The summed E-state index contributed by atoms with van der Waals surface area (Å²) in [4.78, 5) is 10.7. The van der Waals surface area contributed by atoms with Crippen LogP contribution in [0.1, 0.15) is 22.3 Å². The van der Waals surface area contributed by atoms with Crippen molar-refractivity contribution < 1.29 is 23.1 Å².